The summed E-state index contributed by atoms with van der Waals surface area (Å²) in [5.41, 5.74) is 1.09. The van der Waals surface area contributed by atoms with Gasteiger partial charge in [-0.2, -0.15) is 5.10 Å². The van der Waals surface area contributed by atoms with Crippen LogP contribution in [0.3, 0.4) is 0 Å². The molecule has 3 rings (SSSR count). The minimum atomic E-state index is -0.456. The molecule has 0 unspecified atom stereocenters. The molecule has 1 fully saturated rings. The molecule has 7 nitrogen and oxygen atoms in total. The molecule has 92 valence electrons. The zero-order chi connectivity index (χ0) is 12.7. The Morgan fingerprint density at radius 3 is 2.94 bits per heavy atom. The van der Waals surface area contributed by atoms with E-state index >= 15 is 0 Å². The number of anilines is 1. The van der Waals surface area contributed by atoms with E-state index in [2.05, 4.69) is 10.2 Å². The quantitative estimate of drug-likeness (QED) is 0.643. The van der Waals surface area contributed by atoms with Gasteiger partial charge in [-0.3, -0.25) is 20.0 Å². The Hall–Kier alpha value is -2.44. The predicted molar refractivity (Wildman–Crippen MR) is 64.3 cm³/mol. The molecule has 0 atom stereocenters. The van der Waals surface area contributed by atoms with Gasteiger partial charge in [0.25, 0.3) is 5.69 Å². The summed E-state index contributed by atoms with van der Waals surface area (Å²) < 4.78 is 0. The first-order valence-corrected chi connectivity index (χ1v) is 5.59. The summed E-state index contributed by atoms with van der Waals surface area (Å²) >= 11 is 0. The summed E-state index contributed by atoms with van der Waals surface area (Å²) in [6.07, 6.45) is 2.70. The lowest BCUT2D eigenvalue weighted by atomic mass is 10.2. The summed E-state index contributed by atoms with van der Waals surface area (Å²) in [4.78, 5) is 23.8. The Balaban J connectivity index is 2.18. The normalized spacial score (nSPS) is 15.6. The number of nitro benzene ring substituents is 1. The van der Waals surface area contributed by atoms with Gasteiger partial charge in [0.05, 0.1) is 27.7 Å². The Bertz CT molecular complexity index is 649. The number of carbonyl (C=O) groups is 1. The molecule has 2 aromatic rings. The van der Waals surface area contributed by atoms with E-state index in [0.29, 0.717) is 29.6 Å². The molecule has 1 N–H and O–H groups in total. The van der Waals surface area contributed by atoms with Gasteiger partial charge >= 0.3 is 0 Å². The van der Waals surface area contributed by atoms with E-state index in [1.54, 1.807) is 11.0 Å². The maximum absolute atomic E-state index is 11.7. The molecule has 18 heavy (non-hydrogen) atoms. The Labute approximate surface area is 102 Å². The number of hydrogen-bond donors (Lipinski definition) is 1. The van der Waals surface area contributed by atoms with Crippen LogP contribution in [-0.2, 0) is 4.79 Å². The standard InChI is InChI=1S/C11H10N4O3/c16-11-2-1-3-14(11)7-4-9-8(6-12-13-9)10(5-7)15(17)18/h4-6H,1-3H2,(H,12,13). The average Bonchev–Trinajstić information content (AvgIpc) is 2.95. The highest BCUT2D eigenvalue weighted by atomic mass is 16.6. The lowest BCUT2D eigenvalue weighted by Crippen LogP contribution is -2.23. The number of aromatic nitrogens is 2. The van der Waals surface area contributed by atoms with Crippen LogP contribution < -0.4 is 4.90 Å². The van der Waals surface area contributed by atoms with Crippen LogP contribution in [0.4, 0.5) is 11.4 Å². The van der Waals surface area contributed by atoms with Gasteiger partial charge in [-0.05, 0) is 12.5 Å². The van der Waals surface area contributed by atoms with Crippen LogP contribution >= 0.6 is 0 Å². The number of H-pyrrole nitrogens is 1. The average molecular weight is 246 g/mol. The summed E-state index contributed by atoms with van der Waals surface area (Å²) in [5, 5.41) is 18.0. The van der Waals surface area contributed by atoms with Crippen molar-refractivity contribution in [1.29, 1.82) is 0 Å². The number of nitro groups is 1. The van der Waals surface area contributed by atoms with Crippen molar-refractivity contribution in [2.45, 2.75) is 12.8 Å². The van der Waals surface area contributed by atoms with Gasteiger partial charge < -0.3 is 4.90 Å². The molecule has 0 radical (unpaired) electrons. The lowest BCUT2D eigenvalue weighted by Gasteiger charge is -2.15. The molecule has 1 aromatic heterocycles. The van der Waals surface area contributed by atoms with E-state index in [4.69, 9.17) is 0 Å². The number of aromatic amines is 1. The van der Waals surface area contributed by atoms with Crippen molar-refractivity contribution in [2.24, 2.45) is 0 Å². The van der Waals surface area contributed by atoms with Crippen LogP contribution in [0.1, 0.15) is 12.8 Å². The number of nitrogens with zero attached hydrogens (tertiary/aromatic N) is 3. The zero-order valence-electron chi connectivity index (χ0n) is 9.42. The number of hydrogen-bond acceptors (Lipinski definition) is 4. The summed E-state index contributed by atoms with van der Waals surface area (Å²) in [5.74, 6) is 0.00293. The van der Waals surface area contributed by atoms with Gasteiger partial charge in [0.1, 0.15) is 0 Å². The maximum Gasteiger partial charge on any atom is 0.282 e. The van der Waals surface area contributed by atoms with Crippen LogP contribution in [0.25, 0.3) is 10.9 Å². The highest BCUT2D eigenvalue weighted by Crippen LogP contribution is 2.32. The zero-order valence-corrected chi connectivity index (χ0v) is 9.42. The van der Waals surface area contributed by atoms with Crippen molar-refractivity contribution in [3.05, 3.63) is 28.4 Å². The number of carbonyl (C=O) groups excluding carboxylic acids is 1. The van der Waals surface area contributed by atoms with Gasteiger partial charge in [0.2, 0.25) is 5.91 Å². The fourth-order valence-electron chi connectivity index (χ4n) is 2.25. The molecule has 1 amide bonds. The summed E-state index contributed by atoms with van der Waals surface area (Å²) in [7, 11) is 0. The van der Waals surface area contributed by atoms with Crippen LogP contribution in [0.2, 0.25) is 0 Å². The monoisotopic (exact) mass is 246 g/mol. The van der Waals surface area contributed by atoms with Gasteiger partial charge in [0.15, 0.2) is 0 Å². The second kappa shape index (κ2) is 3.80. The number of fused-ring (bicyclic) bond motifs is 1. The second-order valence-corrected chi connectivity index (χ2v) is 4.20. The van der Waals surface area contributed by atoms with Crippen molar-refractivity contribution in [2.75, 3.05) is 11.4 Å². The third kappa shape index (κ3) is 1.52. The van der Waals surface area contributed by atoms with Crippen molar-refractivity contribution < 1.29 is 9.72 Å². The van der Waals surface area contributed by atoms with E-state index in [0.717, 1.165) is 6.42 Å². The molecular weight excluding hydrogens is 236 g/mol. The molecule has 1 aromatic carbocycles. The fourth-order valence-corrected chi connectivity index (χ4v) is 2.25. The topological polar surface area (TPSA) is 92.1 Å². The molecule has 0 saturated carbocycles. The van der Waals surface area contributed by atoms with Crippen LogP contribution in [-0.4, -0.2) is 27.6 Å². The van der Waals surface area contributed by atoms with Gasteiger partial charge in [-0.15, -0.1) is 0 Å². The molecule has 1 aliphatic rings. The molecule has 2 heterocycles. The van der Waals surface area contributed by atoms with Gasteiger partial charge in [-0.1, -0.05) is 0 Å². The van der Waals surface area contributed by atoms with E-state index in [1.165, 1.54) is 12.3 Å². The van der Waals surface area contributed by atoms with Gasteiger partial charge in [-0.25, -0.2) is 0 Å². The van der Waals surface area contributed by atoms with Crippen molar-refractivity contribution in [3.63, 3.8) is 0 Å². The largest absolute Gasteiger partial charge is 0.312 e. The number of benzene rings is 1. The first-order valence-electron chi connectivity index (χ1n) is 5.59. The number of rotatable bonds is 2. The van der Waals surface area contributed by atoms with Crippen molar-refractivity contribution >= 4 is 28.2 Å². The second-order valence-electron chi connectivity index (χ2n) is 4.20. The molecule has 1 saturated heterocycles. The molecule has 0 bridgehead atoms. The fraction of sp³-hybridized carbons (Fsp3) is 0.273. The van der Waals surface area contributed by atoms with Gasteiger partial charge in [0, 0.05) is 19.0 Å². The van der Waals surface area contributed by atoms with Crippen LogP contribution in [0.5, 0.6) is 0 Å². The van der Waals surface area contributed by atoms with E-state index < -0.39 is 4.92 Å². The lowest BCUT2D eigenvalue weighted by molar-refractivity contribution is -0.383. The smallest absolute Gasteiger partial charge is 0.282 e. The first-order chi connectivity index (χ1) is 8.66. The molecule has 1 aliphatic heterocycles. The SMILES string of the molecule is O=C1CCCN1c1cc([N+](=O)[O-])c2cn[nH]c2c1. The Morgan fingerprint density at radius 2 is 2.28 bits per heavy atom. The Kier molecular flexibility index (Phi) is 2.26. The Morgan fingerprint density at radius 1 is 1.44 bits per heavy atom. The molecular formula is C11H10N4O3. The summed E-state index contributed by atoms with van der Waals surface area (Å²) in [6.45, 7) is 0.607. The number of nitrogens with one attached hydrogen (secondary N) is 1. The third-order valence-electron chi connectivity index (χ3n) is 3.10. The molecule has 0 aliphatic carbocycles. The van der Waals surface area contributed by atoms with Crippen molar-refractivity contribution in [3.8, 4) is 0 Å². The minimum Gasteiger partial charge on any atom is -0.312 e. The predicted octanol–water partition coefficient (Wildman–Crippen LogP) is 1.60. The van der Waals surface area contributed by atoms with Crippen LogP contribution in [0, 0.1) is 10.1 Å². The molecule has 7 heteroatoms. The van der Waals surface area contributed by atoms with Crippen LogP contribution in [0.15, 0.2) is 18.3 Å². The highest BCUT2D eigenvalue weighted by Gasteiger charge is 2.25. The number of amides is 1. The first kappa shape index (κ1) is 10.7. The number of non-ortho nitro benzene ring substituents is 1. The molecule has 0 spiro atoms. The maximum atomic E-state index is 11.7. The summed E-state index contributed by atoms with van der Waals surface area (Å²) in [6, 6.07) is 3.15. The highest BCUT2D eigenvalue weighted by molar-refractivity contribution is 5.99. The third-order valence-corrected chi connectivity index (χ3v) is 3.10. The van der Waals surface area contributed by atoms with E-state index in [-0.39, 0.29) is 11.6 Å². The van der Waals surface area contributed by atoms with E-state index in [9.17, 15) is 14.9 Å². The van der Waals surface area contributed by atoms with Crippen molar-refractivity contribution in [1.82, 2.24) is 10.2 Å². The minimum absolute atomic E-state index is 0.00293. The van der Waals surface area contributed by atoms with E-state index in [1.807, 2.05) is 0 Å².